The molecule has 0 aliphatic heterocycles. The van der Waals surface area contributed by atoms with Crippen molar-refractivity contribution in [3.8, 4) is 5.88 Å². The van der Waals surface area contributed by atoms with Crippen molar-refractivity contribution in [2.24, 2.45) is 5.73 Å². The molecule has 106 valence electrons. The van der Waals surface area contributed by atoms with Crippen molar-refractivity contribution in [3.63, 3.8) is 0 Å². The number of hydrogen-bond acceptors (Lipinski definition) is 3. The number of nitrogens with zero attached hydrogens (tertiary/aromatic N) is 1. The summed E-state index contributed by atoms with van der Waals surface area (Å²) in [4.78, 5) is 4.60. The molecule has 2 aromatic rings. The van der Waals surface area contributed by atoms with Crippen LogP contribution in [0.4, 0.5) is 0 Å². The van der Waals surface area contributed by atoms with E-state index >= 15 is 0 Å². The highest BCUT2D eigenvalue weighted by atomic mass is 16.5. The summed E-state index contributed by atoms with van der Waals surface area (Å²) < 4.78 is 6.22. The first-order chi connectivity index (χ1) is 9.86. The van der Waals surface area contributed by atoms with Crippen molar-refractivity contribution in [3.05, 3.63) is 36.0 Å². The van der Waals surface area contributed by atoms with Crippen LogP contribution in [0.15, 0.2) is 30.3 Å². The van der Waals surface area contributed by atoms with Gasteiger partial charge >= 0.3 is 0 Å². The lowest BCUT2D eigenvalue weighted by molar-refractivity contribution is 0.178. The van der Waals surface area contributed by atoms with E-state index in [4.69, 9.17) is 10.5 Å². The van der Waals surface area contributed by atoms with E-state index in [9.17, 15) is 0 Å². The van der Waals surface area contributed by atoms with Crippen molar-refractivity contribution in [2.45, 2.75) is 51.2 Å². The minimum absolute atomic E-state index is 0.307. The van der Waals surface area contributed by atoms with Crippen LogP contribution in [0.3, 0.4) is 0 Å². The molecule has 0 spiro atoms. The van der Waals surface area contributed by atoms with Crippen molar-refractivity contribution >= 4 is 10.8 Å². The van der Waals surface area contributed by atoms with Crippen molar-refractivity contribution < 1.29 is 4.74 Å². The number of aromatic nitrogens is 1. The SMILES string of the molecule is NCc1cc2ccccc2c(OC2CCCCCC2)n1. The maximum atomic E-state index is 6.22. The van der Waals surface area contributed by atoms with E-state index in [1.807, 2.05) is 12.1 Å². The summed E-state index contributed by atoms with van der Waals surface area (Å²) >= 11 is 0. The lowest BCUT2D eigenvalue weighted by Crippen LogP contribution is -2.16. The van der Waals surface area contributed by atoms with E-state index in [1.165, 1.54) is 25.7 Å². The fourth-order valence-corrected chi connectivity index (χ4v) is 2.93. The highest BCUT2D eigenvalue weighted by Crippen LogP contribution is 2.28. The Kier molecular flexibility index (Phi) is 4.16. The molecular formula is C17H22N2O. The highest BCUT2D eigenvalue weighted by Gasteiger charge is 2.16. The maximum absolute atomic E-state index is 6.22. The van der Waals surface area contributed by atoms with Crippen LogP contribution in [0.1, 0.15) is 44.2 Å². The van der Waals surface area contributed by atoms with Crippen molar-refractivity contribution in [1.82, 2.24) is 4.98 Å². The first-order valence-electron chi connectivity index (χ1n) is 7.62. The van der Waals surface area contributed by atoms with Gasteiger partial charge in [0.1, 0.15) is 6.10 Å². The van der Waals surface area contributed by atoms with E-state index in [2.05, 4.69) is 23.2 Å². The average Bonchev–Trinajstić information content (AvgIpc) is 2.75. The number of rotatable bonds is 3. The molecule has 0 unspecified atom stereocenters. The van der Waals surface area contributed by atoms with Gasteiger partial charge in [0, 0.05) is 11.9 Å². The molecule has 1 aliphatic carbocycles. The number of fused-ring (bicyclic) bond motifs is 1. The van der Waals surface area contributed by atoms with Crippen LogP contribution in [0.5, 0.6) is 5.88 Å². The van der Waals surface area contributed by atoms with E-state index in [1.54, 1.807) is 0 Å². The summed E-state index contributed by atoms with van der Waals surface area (Å²) in [6.45, 7) is 0.450. The molecule has 1 fully saturated rings. The van der Waals surface area contributed by atoms with E-state index in [0.717, 1.165) is 35.2 Å². The number of ether oxygens (including phenoxy) is 1. The molecule has 0 amide bonds. The molecule has 1 aliphatic rings. The average molecular weight is 270 g/mol. The summed E-state index contributed by atoms with van der Waals surface area (Å²) in [6, 6.07) is 10.3. The molecule has 0 bridgehead atoms. The predicted octanol–water partition coefficient (Wildman–Crippen LogP) is 3.80. The van der Waals surface area contributed by atoms with Gasteiger partial charge in [0.2, 0.25) is 5.88 Å². The van der Waals surface area contributed by atoms with Crippen LogP contribution >= 0.6 is 0 Å². The molecule has 1 saturated carbocycles. The fourth-order valence-electron chi connectivity index (χ4n) is 2.93. The Morgan fingerprint density at radius 2 is 1.85 bits per heavy atom. The first-order valence-corrected chi connectivity index (χ1v) is 7.62. The van der Waals surface area contributed by atoms with Crippen LogP contribution in [-0.4, -0.2) is 11.1 Å². The Balaban J connectivity index is 1.92. The van der Waals surface area contributed by atoms with Crippen molar-refractivity contribution in [2.75, 3.05) is 0 Å². The van der Waals surface area contributed by atoms with Gasteiger partial charge in [-0.2, -0.15) is 0 Å². The smallest absolute Gasteiger partial charge is 0.221 e. The monoisotopic (exact) mass is 270 g/mol. The standard InChI is InChI=1S/C17H22N2O/c18-12-14-11-13-7-5-6-10-16(13)17(19-14)20-15-8-3-1-2-4-9-15/h5-7,10-11,15H,1-4,8-9,12,18H2. The molecule has 1 heterocycles. The predicted molar refractivity (Wildman–Crippen MR) is 81.8 cm³/mol. The normalized spacial score (nSPS) is 17.1. The summed E-state index contributed by atoms with van der Waals surface area (Å²) in [7, 11) is 0. The molecule has 1 aromatic heterocycles. The summed E-state index contributed by atoms with van der Waals surface area (Å²) in [6.07, 6.45) is 7.78. The van der Waals surface area contributed by atoms with Crippen LogP contribution in [0.25, 0.3) is 10.8 Å². The number of nitrogens with two attached hydrogens (primary N) is 1. The van der Waals surface area contributed by atoms with Gasteiger partial charge in [-0.3, -0.25) is 0 Å². The zero-order valence-electron chi connectivity index (χ0n) is 11.8. The third-order valence-corrected chi connectivity index (χ3v) is 4.05. The second-order valence-electron chi connectivity index (χ2n) is 5.58. The largest absolute Gasteiger partial charge is 0.474 e. The van der Waals surface area contributed by atoms with Gasteiger partial charge in [0.15, 0.2) is 0 Å². The third-order valence-electron chi connectivity index (χ3n) is 4.05. The van der Waals surface area contributed by atoms with Gasteiger partial charge in [-0.15, -0.1) is 0 Å². The third kappa shape index (κ3) is 2.93. The van der Waals surface area contributed by atoms with Gasteiger partial charge in [0.25, 0.3) is 0 Å². The van der Waals surface area contributed by atoms with Crippen LogP contribution < -0.4 is 10.5 Å². The van der Waals surface area contributed by atoms with Crippen LogP contribution in [0.2, 0.25) is 0 Å². The van der Waals surface area contributed by atoms with E-state index in [0.29, 0.717) is 12.6 Å². The summed E-state index contributed by atoms with van der Waals surface area (Å²) in [5.41, 5.74) is 6.65. The van der Waals surface area contributed by atoms with E-state index < -0.39 is 0 Å². The van der Waals surface area contributed by atoms with Gasteiger partial charge in [-0.25, -0.2) is 4.98 Å². The molecule has 3 nitrogen and oxygen atoms in total. The molecule has 3 rings (SSSR count). The van der Waals surface area contributed by atoms with Gasteiger partial charge < -0.3 is 10.5 Å². The Bertz CT molecular complexity index is 574. The van der Waals surface area contributed by atoms with Crippen LogP contribution in [-0.2, 0) is 6.54 Å². The lowest BCUT2D eigenvalue weighted by Gasteiger charge is -2.18. The second-order valence-corrected chi connectivity index (χ2v) is 5.58. The molecular weight excluding hydrogens is 248 g/mol. The van der Waals surface area contributed by atoms with E-state index in [-0.39, 0.29) is 0 Å². The van der Waals surface area contributed by atoms with Gasteiger partial charge in [0.05, 0.1) is 5.69 Å². The second kappa shape index (κ2) is 6.23. The number of pyridine rings is 1. The quantitative estimate of drug-likeness (QED) is 0.863. The van der Waals surface area contributed by atoms with Crippen molar-refractivity contribution in [1.29, 1.82) is 0 Å². The van der Waals surface area contributed by atoms with Crippen LogP contribution in [0, 0.1) is 0 Å². The molecule has 1 aromatic carbocycles. The Labute approximate surface area is 120 Å². The highest BCUT2D eigenvalue weighted by molar-refractivity contribution is 5.87. The Hall–Kier alpha value is -1.61. The maximum Gasteiger partial charge on any atom is 0.221 e. The Morgan fingerprint density at radius 1 is 1.10 bits per heavy atom. The topological polar surface area (TPSA) is 48.1 Å². The molecule has 0 saturated heterocycles. The summed E-state index contributed by atoms with van der Waals surface area (Å²) in [5, 5.41) is 2.25. The lowest BCUT2D eigenvalue weighted by atomic mass is 10.1. The minimum atomic E-state index is 0.307. The number of benzene rings is 1. The molecule has 0 atom stereocenters. The first kappa shape index (κ1) is 13.4. The van der Waals surface area contributed by atoms with Gasteiger partial charge in [-0.1, -0.05) is 31.0 Å². The zero-order chi connectivity index (χ0) is 13.8. The molecule has 2 N–H and O–H groups in total. The summed E-state index contributed by atoms with van der Waals surface area (Å²) in [5.74, 6) is 0.760. The minimum Gasteiger partial charge on any atom is -0.474 e. The molecule has 3 heteroatoms. The molecule has 0 radical (unpaired) electrons. The van der Waals surface area contributed by atoms with Gasteiger partial charge in [-0.05, 0) is 43.2 Å². The number of hydrogen-bond donors (Lipinski definition) is 1. The Morgan fingerprint density at radius 3 is 2.60 bits per heavy atom. The molecule has 20 heavy (non-hydrogen) atoms. The zero-order valence-corrected chi connectivity index (χ0v) is 11.8. The fraction of sp³-hybridized carbons (Fsp3) is 0.471.